The second-order valence-corrected chi connectivity index (χ2v) is 2.78. The average molecular weight is 151 g/mol. The number of nitrogens with zero attached hydrogens (tertiary/aromatic N) is 1. The molecular weight excluding hydrogens is 142 g/mol. The Balaban J connectivity index is 2.29. The van der Waals surface area contributed by atoms with Gasteiger partial charge in [-0.3, -0.25) is 4.79 Å². The minimum absolute atomic E-state index is 0.118. The van der Waals surface area contributed by atoms with Crippen LogP contribution in [0.25, 0.3) is 0 Å². The first-order valence-corrected chi connectivity index (χ1v) is 3.61. The lowest BCUT2D eigenvalue weighted by Crippen LogP contribution is -2.43. The van der Waals surface area contributed by atoms with E-state index in [4.69, 9.17) is 0 Å². The van der Waals surface area contributed by atoms with E-state index in [2.05, 4.69) is 0 Å². The Labute approximate surface area is 64.6 Å². The third kappa shape index (κ3) is 0.886. The minimum Gasteiger partial charge on any atom is -0.382 e. The van der Waals surface area contributed by atoms with Crippen molar-refractivity contribution < 1.29 is 9.90 Å². The zero-order valence-electron chi connectivity index (χ0n) is 5.97. The highest BCUT2D eigenvalue weighted by Crippen LogP contribution is 2.18. The van der Waals surface area contributed by atoms with Gasteiger partial charge in [0.15, 0.2) is 5.78 Å². The van der Waals surface area contributed by atoms with Crippen LogP contribution < -0.4 is 0 Å². The number of carbonyl (C=O) groups excluding carboxylic acids is 1. The molecule has 0 aliphatic carbocycles. The molecule has 1 N–H and O–H groups in total. The lowest BCUT2D eigenvalue weighted by Gasteiger charge is -2.28. The monoisotopic (exact) mass is 151 g/mol. The summed E-state index contributed by atoms with van der Waals surface area (Å²) >= 11 is 0. The Morgan fingerprint density at radius 2 is 2.45 bits per heavy atom. The van der Waals surface area contributed by atoms with Crippen molar-refractivity contribution in [1.29, 1.82) is 0 Å². The third-order valence-electron chi connectivity index (χ3n) is 2.08. The van der Waals surface area contributed by atoms with Crippen LogP contribution in [-0.2, 0) is 4.79 Å². The highest BCUT2D eigenvalue weighted by Gasteiger charge is 2.31. The van der Waals surface area contributed by atoms with E-state index in [1.165, 1.54) is 6.08 Å². The Kier molecular flexibility index (Phi) is 1.32. The first-order chi connectivity index (χ1) is 5.29. The maximum atomic E-state index is 10.9. The summed E-state index contributed by atoms with van der Waals surface area (Å²) in [6, 6.07) is -0.118. The van der Waals surface area contributed by atoms with Gasteiger partial charge < -0.3 is 10.0 Å². The molecule has 0 bridgehead atoms. The summed E-state index contributed by atoms with van der Waals surface area (Å²) in [6.45, 7) is 0.797. The number of rotatable bonds is 0. The van der Waals surface area contributed by atoms with E-state index >= 15 is 0 Å². The van der Waals surface area contributed by atoms with Gasteiger partial charge in [0.25, 0.3) is 0 Å². The Bertz CT molecular complexity index is 244. The second kappa shape index (κ2) is 2.20. The van der Waals surface area contributed by atoms with Gasteiger partial charge in [-0.05, 0) is 6.08 Å². The number of aliphatic hydroxyl groups is 1. The van der Waals surface area contributed by atoms with Gasteiger partial charge in [0.2, 0.25) is 0 Å². The summed E-state index contributed by atoms with van der Waals surface area (Å²) in [5.74, 6) is -0.196. The molecular formula is C8H9NO2. The van der Waals surface area contributed by atoms with Crippen molar-refractivity contribution in [2.75, 3.05) is 6.54 Å². The van der Waals surface area contributed by atoms with Crippen LogP contribution in [0, 0.1) is 0 Å². The molecule has 2 rings (SSSR count). The molecule has 0 spiro atoms. The van der Waals surface area contributed by atoms with Crippen molar-refractivity contribution in [3.05, 3.63) is 24.4 Å². The van der Waals surface area contributed by atoms with Crippen LogP contribution in [0.4, 0.5) is 0 Å². The molecule has 0 saturated carbocycles. The zero-order chi connectivity index (χ0) is 7.84. The highest BCUT2D eigenvalue weighted by atomic mass is 16.3. The summed E-state index contributed by atoms with van der Waals surface area (Å²) in [7, 11) is 0. The lowest BCUT2D eigenvalue weighted by molar-refractivity contribution is -0.125. The first kappa shape index (κ1) is 6.61. The van der Waals surface area contributed by atoms with Gasteiger partial charge in [0.05, 0.1) is 6.04 Å². The largest absolute Gasteiger partial charge is 0.382 e. The summed E-state index contributed by atoms with van der Waals surface area (Å²) in [6.07, 6.45) is 6.12. The van der Waals surface area contributed by atoms with Crippen molar-refractivity contribution >= 4 is 5.78 Å². The van der Waals surface area contributed by atoms with E-state index in [9.17, 15) is 9.90 Å². The van der Waals surface area contributed by atoms with E-state index in [1.54, 1.807) is 6.20 Å². The molecule has 0 radical (unpaired) electrons. The summed E-state index contributed by atoms with van der Waals surface area (Å²) in [5, 5.41) is 9.35. The standard InChI is InChI=1S/C8H9NO2/c10-7-3-5-9-4-1-2-6(9)8(7)11/h1-3,5-6,8,11H,4H2/t6-,8+/m1/s1. The molecule has 0 fully saturated rings. The van der Waals surface area contributed by atoms with Gasteiger partial charge in [-0.25, -0.2) is 0 Å². The maximum absolute atomic E-state index is 10.9. The molecule has 2 atom stereocenters. The molecule has 0 aromatic rings. The van der Waals surface area contributed by atoms with Crippen LogP contribution in [0.5, 0.6) is 0 Å². The lowest BCUT2D eigenvalue weighted by atomic mass is 10.0. The normalized spacial score (nSPS) is 34.6. The molecule has 2 aliphatic rings. The Morgan fingerprint density at radius 3 is 3.27 bits per heavy atom. The van der Waals surface area contributed by atoms with Gasteiger partial charge in [-0.2, -0.15) is 0 Å². The number of fused-ring (bicyclic) bond motifs is 1. The summed E-state index contributed by atoms with van der Waals surface area (Å²) in [4.78, 5) is 12.9. The summed E-state index contributed by atoms with van der Waals surface area (Å²) < 4.78 is 0. The van der Waals surface area contributed by atoms with Gasteiger partial charge in [-0.1, -0.05) is 12.2 Å². The van der Waals surface area contributed by atoms with Gasteiger partial charge in [0.1, 0.15) is 6.10 Å². The van der Waals surface area contributed by atoms with Crippen molar-refractivity contribution in [3.63, 3.8) is 0 Å². The molecule has 58 valence electrons. The number of hydrogen-bond donors (Lipinski definition) is 1. The van der Waals surface area contributed by atoms with Crippen molar-refractivity contribution in [3.8, 4) is 0 Å². The van der Waals surface area contributed by atoms with Crippen molar-refractivity contribution in [2.24, 2.45) is 0 Å². The highest BCUT2D eigenvalue weighted by molar-refractivity contribution is 5.95. The van der Waals surface area contributed by atoms with E-state index in [0.29, 0.717) is 0 Å². The molecule has 0 saturated heterocycles. The van der Waals surface area contributed by atoms with Crippen molar-refractivity contribution in [1.82, 2.24) is 4.90 Å². The Hall–Kier alpha value is -1.09. The Morgan fingerprint density at radius 1 is 1.64 bits per heavy atom. The second-order valence-electron chi connectivity index (χ2n) is 2.78. The van der Waals surface area contributed by atoms with Crippen LogP contribution in [0.2, 0.25) is 0 Å². The smallest absolute Gasteiger partial charge is 0.187 e. The van der Waals surface area contributed by atoms with E-state index in [1.807, 2.05) is 17.1 Å². The van der Waals surface area contributed by atoms with Crippen LogP contribution in [-0.4, -0.2) is 34.5 Å². The number of aliphatic hydroxyl groups excluding tert-OH is 1. The van der Waals surface area contributed by atoms with Gasteiger partial charge >= 0.3 is 0 Å². The van der Waals surface area contributed by atoms with Gasteiger partial charge in [-0.15, -0.1) is 0 Å². The van der Waals surface area contributed by atoms with Crippen LogP contribution in [0.1, 0.15) is 0 Å². The molecule has 2 aliphatic heterocycles. The molecule has 11 heavy (non-hydrogen) atoms. The number of carbonyl (C=O) groups is 1. The SMILES string of the molecule is O=C1C=CN2CC=C[C@@H]2[C@@H]1O. The number of ketones is 1. The van der Waals surface area contributed by atoms with E-state index < -0.39 is 6.10 Å². The molecule has 0 amide bonds. The predicted molar refractivity (Wildman–Crippen MR) is 39.8 cm³/mol. The molecule has 0 unspecified atom stereocenters. The maximum Gasteiger partial charge on any atom is 0.187 e. The molecule has 3 heteroatoms. The summed E-state index contributed by atoms with van der Waals surface area (Å²) in [5.41, 5.74) is 0. The number of hydrogen-bond acceptors (Lipinski definition) is 3. The van der Waals surface area contributed by atoms with E-state index in [-0.39, 0.29) is 11.8 Å². The topological polar surface area (TPSA) is 40.5 Å². The zero-order valence-corrected chi connectivity index (χ0v) is 5.97. The quantitative estimate of drug-likeness (QED) is 0.482. The fourth-order valence-electron chi connectivity index (χ4n) is 1.44. The third-order valence-corrected chi connectivity index (χ3v) is 2.08. The average Bonchev–Trinajstić information content (AvgIpc) is 2.45. The minimum atomic E-state index is -0.862. The molecule has 2 heterocycles. The fourth-order valence-corrected chi connectivity index (χ4v) is 1.44. The van der Waals surface area contributed by atoms with Gasteiger partial charge in [0, 0.05) is 12.7 Å². The van der Waals surface area contributed by atoms with Crippen LogP contribution >= 0.6 is 0 Å². The predicted octanol–water partition coefficient (Wildman–Crippen LogP) is -0.316. The van der Waals surface area contributed by atoms with Crippen LogP contribution in [0.15, 0.2) is 24.4 Å². The first-order valence-electron chi connectivity index (χ1n) is 3.61. The van der Waals surface area contributed by atoms with Crippen molar-refractivity contribution in [2.45, 2.75) is 12.1 Å². The molecule has 0 aromatic carbocycles. The molecule has 3 nitrogen and oxygen atoms in total. The molecule has 0 aromatic heterocycles. The van der Waals surface area contributed by atoms with E-state index in [0.717, 1.165) is 6.54 Å². The van der Waals surface area contributed by atoms with Crippen LogP contribution in [0.3, 0.4) is 0 Å². The fraction of sp³-hybridized carbons (Fsp3) is 0.375.